The van der Waals surface area contributed by atoms with Gasteiger partial charge < -0.3 is 0 Å². The summed E-state index contributed by atoms with van der Waals surface area (Å²) in [7, 11) is 1.87. The topological polar surface area (TPSA) is 66.3 Å². The molecule has 2 rings (SSSR count). The molecule has 6 nitrogen and oxygen atoms in total. The lowest BCUT2D eigenvalue weighted by Gasteiger charge is -2.16. The van der Waals surface area contributed by atoms with E-state index in [1.54, 1.807) is 18.3 Å². The summed E-state index contributed by atoms with van der Waals surface area (Å²) in [5, 5.41) is 13.0. The molecule has 0 amide bonds. The van der Waals surface area contributed by atoms with Crippen molar-refractivity contribution in [2.24, 2.45) is 5.92 Å². The van der Waals surface area contributed by atoms with Crippen LogP contribution < -0.4 is 5.69 Å². The van der Waals surface area contributed by atoms with Crippen LogP contribution in [0.4, 0.5) is 0 Å². The Balaban J connectivity index is 2.20. The van der Waals surface area contributed by atoms with Crippen molar-refractivity contribution in [1.82, 2.24) is 19.1 Å². The fourth-order valence-corrected chi connectivity index (χ4v) is 1.85. The Morgan fingerprint density at radius 2 is 2.33 bits per heavy atom. The molecule has 0 aromatic carbocycles. The van der Waals surface area contributed by atoms with Gasteiger partial charge >= 0.3 is 5.69 Å². The lowest BCUT2D eigenvalue weighted by atomic mass is 10.2. The van der Waals surface area contributed by atoms with Crippen LogP contribution in [0.5, 0.6) is 0 Å². The first-order valence-electron chi connectivity index (χ1n) is 5.74. The van der Waals surface area contributed by atoms with Crippen LogP contribution in [0, 0.1) is 17.2 Å². The summed E-state index contributed by atoms with van der Waals surface area (Å²) in [4.78, 5) is 13.9. The van der Waals surface area contributed by atoms with Crippen LogP contribution in [0.1, 0.15) is 6.92 Å². The molecule has 1 atom stereocenters. The number of pyridine rings is 1. The van der Waals surface area contributed by atoms with Crippen LogP contribution >= 0.6 is 0 Å². The standard InChI is InChI=1S/C12H15N5O/c1-10(7-13)8-15(2)9-17-12(18)16-6-4-3-5-11(16)14-17/h3-6,10H,8-9H2,1-2H3/t10-/m1/s1. The summed E-state index contributed by atoms with van der Waals surface area (Å²) in [6.45, 7) is 2.84. The fourth-order valence-electron chi connectivity index (χ4n) is 1.85. The molecule has 94 valence electrons. The summed E-state index contributed by atoms with van der Waals surface area (Å²) in [5.41, 5.74) is 0.464. The van der Waals surface area contributed by atoms with Gasteiger partial charge in [-0.25, -0.2) is 4.79 Å². The van der Waals surface area contributed by atoms with Gasteiger partial charge in [-0.2, -0.15) is 9.94 Å². The zero-order valence-electron chi connectivity index (χ0n) is 10.4. The van der Waals surface area contributed by atoms with Crippen LogP contribution in [0.15, 0.2) is 29.2 Å². The van der Waals surface area contributed by atoms with E-state index < -0.39 is 0 Å². The maximum atomic E-state index is 12.0. The van der Waals surface area contributed by atoms with Crippen molar-refractivity contribution in [3.8, 4) is 6.07 Å². The Hall–Kier alpha value is -2.13. The fraction of sp³-hybridized carbons (Fsp3) is 0.417. The first kappa shape index (κ1) is 12.3. The summed E-state index contributed by atoms with van der Waals surface area (Å²) in [6, 6.07) is 7.59. The van der Waals surface area contributed by atoms with Gasteiger partial charge in [0.05, 0.1) is 18.7 Å². The van der Waals surface area contributed by atoms with Gasteiger partial charge in [0.15, 0.2) is 5.65 Å². The Bertz CT molecular complexity index is 636. The minimum absolute atomic E-state index is 0.0669. The summed E-state index contributed by atoms with van der Waals surface area (Å²) >= 11 is 0. The molecule has 0 N–H and O–H groups in total. The largest absolute Gasteiger partial charge is 0.351 e. The third-order valence-electron chi connectivity index (χ3n) is 2.67. The minimum atomic E-state index is -0.165. The van der Waals surface area contributed by atoms with E-state index in [0.29, 0.717) is 18.9 Å². The van der Waals surface area contributed by atoms with E-state index in [1.807, 2.05) is 24.9 Å². The van der Waals surface area contributed by atoms with Crippen LogP contribution in [0.3, 0.4) is 0 Å². The lowest BCUT2D eigenvalue weighted by Crippen LogP contribution is -2.32. The van der Waals surface area contributed by atoms with Gasteiger partial charge in [0.25, 0.3) is 0 Å². The van der Waals surface area contributed by atoms with E-state index >= 15 is 0 Å². The second kappa shape index (κ2) is 5.02. The van der Waals surface area contributed by atoms with E-state index in [0.717, 1.165) is 0 Å². The van der Waals surface area contributed by atoms with Gasteiger partial charge in [-0.05, 0) is 26.1 Å². The van der Waals surface area contributed by atoms with E-state index in [2.05, 4.69) is 11.2 Å². The molecule has 0 aliphatic carbocycles. The molecule has 0 aliphatic heterocycles. The highest BCUT2D eigenvalue weighted by atomic mass is 16.2. The van der Waals surface area contributed by atoms with Crippen molar-refractivity contribution in [1.29, 1.82) is 5.26 Å². The molecule has 0 spiro atoms. The molecule has 6 heteroatoms. The molecule has 0 saturated carbocycles. The third kappa shape index (κ3) is 2.41. The highest BCUT2D eigenvalue weighted by Crippen LogP contribution is 1.99. The molecule has 0 aliphatic rings. The highest BCUT2D eigenvalue weighted by Gasteiger charge is 2.10. The van der Waals surface area contributed by atoms with Gasteiger partial charge in [-0.3, -0.25) is 9.30 Å². The molecule has 0 saturated heterocycles. The number of nitrogens with zero attached hydrogens (tertiary/aromatic N) is 5. The van der Waals surface area contributed by atoms with E-state index in [1.165, 1.54) is 9.08 Å². The average molecular weight is 245 g/mol. The van der Waals surface area contributed by atoms with Gasteiger partial charge in [0, 0.05) is 12.7 Å². The van der Waals surface area contributed by atoms with Crippen molar-refractivity contribution >= 4 is 5.65 Å². The number of rotatable bonds is 4. The Morgan fingerprint density at radius 1 is 1.56 bits per heavy atom. The van der Waals surface area contributed by atoms with Crippen molar-refractivity contribution in [2.45, 2.75) is 13.6 Å². The highest BCUT2D eigenvalue weighted by molar-refractivity contribution is 5.35. The number of aromatic nitrogens is 3. The zero-order valence-corrected chi connectivity index (χ0v) is 10.4. The zero-order chi connectivity index (χ0) is 13.1. The van der Waals surface area contributed by atoms with Crippen molar-refractivity contribution in [3.63, 3.8) is 0 Å². The maximum absolute atomic E-state index is 12.0. The summed E-state index contributed by atoms with van der Waals surface area (Å²) in [5.74, 6) is -0.0669. The van der Waals surface area contributed by atoms with E-state index in [4.69, 9.17) is 5.26 Å². The van der Waals surface area contributed by atoms with E-state index in [9.17, 15) is 4.79 Å². The Morgan fingerprint density at radius 3 is 3.00 bits per heavy atom. The van der Waals surface area contributed by atoms with Crippen LogP contribution in [0.2, 0.25) is 0 Å². The summed E-state index contributed by atoms with van der Waals surface area (Å²) in [6.07, 6.45) is 1.69. The smallest absolute Gasteiger partial charge is 0.286 e. The van der Waals surface area contributed by atoms with Crippen LogP contribution in [-0.2, 0) is 6.67 Å². The second-order valence-corrected chi connectivity index (χ2v) is 4.42. The lowest BCUT2D eigenvalue weighted by molar-refractivity contribution is 0.234. The molecule has 0 fully saturated rings. The van der Waals surface area contributed by atoms with Gasteiger partial charge in [0.1, 0.15) is 0 Å². The molecular weight excluding hydrogens is 230 g/mol. The van der Waals surface area contributed by atoms with Crippen molar-refractivity contribution in [2.75, 3.05) is 13.6 Å². The second-order valence-electron chi connectivity index (χ2n) is 4.42. The van der Waals surface area contributed by atoms with Crippen molar-refractivity contribution < 1.29 is 0 Å². The summed E-state index contributed by atoms with van der Waals surface area (Å²) < 4.78 is 2.90. The van der Waals surface area contributed by atoms with Gasteiger partial charge in [0.2, 0.25) is 0 Å². The molecule has 18 heavy (non-hydrogen) atoms. The molecule has 2 aromatic rings. The average Bonchev–Trinajstić information content (AvgIpc) is 2.66. The normalized spacial score (nSPS) is 12.8. The predicted octanol–water partition coefficient (Wildman–Crippen LogP) is 0.545. The first-order valence-corrected chi connectivity index (χ1v) is 5.74. The molecule has 0 radical (unpaired) electrons. The monoisotopic (exact) mass is 245 g/mol. The van der Waals surface area contributed by atoms with Crippen LogP contribution in [-0.4, -0.2) is 32.7 Å². The minimum Gasteiger partial charge on any atom is -0.286 e. The van der Waals surface area contributed by atoms with Crippen LogP contribution in [0.25, 0.3) is 5.65 Å². The predicted molar refractivity (Wildman–Crippen MR) is 66.9 cm³/mol. The number of fused-ring (bicyclic) bond motifs is 1. The quantitative estimate of drug-likeness (QED) is 0.788. The number of hydrogen-bond donors (Lipinski definition) is 0. The first-order chi connectivity index (χ1) is 8.61. The van der Waals surface area contributed by atoms with Gasteiger partial charge in [-0.15, -0.1) is 5.10 Å². The molecular formula is C12H15N5O. The maximum Gasteiger partial charge on any atom is 0.351 e. The Kier molecular flexibility index (Phi) is 3.44. The van der Waals surface area contributed by atoms with Crippen molar-refractivity contribution in [3.05, 3.63) is 34.9 Å². The van der Waals surface area contributed by atoms with Gasteiger partial charge in [-0.1, -0.05) is 6.07 Å². The van der Waals surface area contributed by atoms with E-state index in [-0.39, 0.29) is 11.6 Å². The molecule has 2 heterocycles. The molecule has 2 aromatic heterocycles. The number of nitriles is 1. The number of hydrogen-bond acceptors (Lipinski definition) is 4. The molecule has 0 unspecified atom stereocenters. The Labute approximate surface area is 105 Å². The SMILES string of the molecule is C[C@H](C#N)CN(C)Cn1nc2ccccn2c1=O. The third-order valence-corrected chi connectivity index (χ3v) is 2.67. The molecule has 0 bridgehead atoms.